The van der Waals surface area contributed by atoms with Gasteiger partial charge in [0.25, 0.3) is 0 Å². The average molecular weight is 354 g/mol. The SMILES string of the molecule is CC(C)c1nc(N(C)Cc2cccc(Br)c2)sc1CN. The zero-order valence-corrected chi connectivity index (χ0v) is 14.5. The topological polar surface area (TPSA) is 42.2 Å². The Kier molecular flexibility index (Phi) is 5.18. The number of thiazole rings is 1. The molecule has 0 aliphatic heterocycles. The lowest BCUT2D eigenvalue weighted by Crippen LogP contribution is -2.16. The highest BCUT2D eigenvalue weighted by molar-refractivity contribution is 9.10. The molecule has 1 aromatic heterocycles. The summed E-state index contributed by atoms with van der Waals surface area (Å²) in [5, 5.41) is 1.04. The van der Waals surface area contributed by atoms with Crippen LogP contribution in [0.4, 0.5) is 5.13 Å². The second-order valence-electron chi connectivity index (χ2n) is 5.15. The van der Waals surface area contributed by atoms with Crippen LogP contribution in [0.25, 0.3) is 0 Å². The smallest absolute Gasteiger partial charge is 0.185 e. The second-order valence-corrected chi connectivity index (χ2v) is 7.13. The van der Waals surface area contributed by atoms with Crippen molar-refractivity contribution >= 4 is 32.4 Å². The van der Waals surface area contributed by atoms with Crippen molar-refractivity contribution in [1.29, 1.82) is 0 Å². The first kappa shape index (κ1) is 15.5. The van der Waals surface area contributed by atoms with Gasteiger partial charge in [-0.25, -0.2) is 4.98 Å². The van der Waals surface area contributed by atoms with E-state index in [0.29, 0.717) is 12.5 Å². The van der Waals surface area contributed by atoms with E-state index in [9.17, 15) is 0 Å². The molecule has 2 N–H and O–H groups in total. The molecule has 5 heteroatoms. The van der Waals surface area contributed by atoms with E-state index < -0.39 is 0 Å². The van der Waals surface area contributed by atoms with Crippen molar-refractivity contribution in [3.05, 3.63) is 44.9 Å². The maximum absolute atomic E-state index is 5.82. The monoisotopic (exact) mass is 353 g/mol. The fraction of sp³-hybridized carbons (Fsp3) is 0.400. The maximum atomic E-state index is 5.82. The van der Waals surface area contributed by atoms with E-state index in [0.717, 1.165) is 21.8 Å². The van der Waals surface area contributed by atoms with Crippen molar-refractivity contribution < 1.29 is 0 Å². The number of nitrogens with zero attached hydrogens (tertiary/aromatic N) is 2. The van der Waals surface area contributed by atoms with Crippen molar-refractivity contribution in [2.75, 3.05) is 11.9 Å². The summed E-state index contributed by atoms with van der Waals surface area (Å²) < 4.78 is 1.10. The van der Waals surface area contributed by atoms with Gasteiger partial charge in [0.2, 0.25) is 0 Å². The predicted molar refractivity (Wildman–Crippen MR) is 90.3 cm³/mol. The first-order chi connectivity index (χ1) is 9.51. The zero-order chi connectivity index (χ0) is 14.7. The summed E-state index contributed by atoms with van der Waals surface area (Å²) >= 11 is 5.20. The van der Waals surface area contributed by atoms with Gasteiger partial charge in [-0.15, -0.1) is 11.3 Å². The molecule has 108 valence electrons. The van der Waals surface area contributed by atoms with Crippen molar-refractivity contribution in [2.45, 2.75) is 32.9 Å². The van der Waals surface area contributed by atoms with Crippen LogP contribution in [0.2, 0.25) is 0 Å². The van der Waals surface area contributed by atoms with Gasteiger partial charge in [-0.1, -0.05) is 41.9 Å². The third-order valence-corrected chi connectivity index (χ3v) is 4.78. The number of hydrogen-bond acceptors (Lipinski definition) is 4. The van der Waals surface area contributed by atoms with Gasteiger partial charge in [0.1, 0.15) is 0 Å². The number of rotatable bonds is 5. The summed E-state index contributed by atoms with van der Waals surface area (Å²) in [6.45, 7) is 5.73. The van der Waals surface area contributed by atoms with Crippen LogP contribution in [-0.4, -0.2) is 12.0 Å². The number of halogens is 1. The van der Waals surface area contributed by atoms with Gasteiger partial charge >= 0.3 is 0 Å². The molecule has 1 heterocycles. The summed E-state index contributed by atoms with van der Waals surface area (Å²) in [6, 6.07) is 8.36. The highest BCUT2D eigenvalue weighted by atomic mass is 79.9. The zero-order valence-electron chi connectivity index (χ0n) is 12.1. The van der Waals surface area contributed by atoms with Gasteiger partial charge in [-0.3, -0.25) is 0 Å². The number of anilines is 1. The molecular formula is C15H20BrN3S. The Hall–Kier alpha value is -0.910. The molecule has 0 amide bonds. The third-order valence-electron chi connectivity index (χ3n) is 3.08. The van der Waals surface area contributed by atoms with E-state index in [1.54, 1.807) is 11.3 Å². The van der Waals surface area contributed by atoms with Gasteiger partial charge in [-0.05, 0) is 23.6 Å². The molecule has 3 nitrogen and oxygen atoms in total. The molecule has 0 atom stereocenters. The van der Waals surface area contributed by atoms with Crippen LogP contribution in [0.5, 0.6) is 0 Å². The van der Waals surface area contributed by atoms with Gasteiger partial charge < -0.3 is 10.6 Å². The van der Waals surface area contributed by atoms with Crippen molar-refractivity contribution in [3.63, 3.8) is 0 Å². The van der Waals surface area contributed by atoms with Gasteiger partial charge in [0.15, 0.2) is 5.13 Å². The van der Waals surface area contributed by atoms with Crippen LogP contribution < -0.4 is 10.6 Å². The predicted octanol–water partition coefficient (Wildman–Crippen LogP) is 4.12. The molecule has 20 heavy (non-hydrogen) atoms. The Labute approximate surface area is 133 Å². The summed E-state index contributed by atoms with van der Waals surface area (Å²) in [5.41, 5.74) is 8.21. The summed E-state index contributed by atoms with van der Waals surface area (Å²) in [7, 11) is 2.07. The molecule has 0 unspecified atom stereocenters. The van der Waals surface area contributed by atoms with E-state index in [1.165, 1.54) is 10.4 Å². The van der Waals surface area contributed by atoms with E-state index in [2.05, 4.69) is 59.9 Å². The highest BCUT2D eigenvalue weighted by Crippen LogP contribution is 2.30. The minimum absolute atomic E-state index is 0.415. The maximum Gasteiger partial charge on any atom is 0.185 e. The molecule has 0 radical (unpaired) electrons. The number of hydrogen-bond donors (Lipinski definition) is 1. The molecule has 0 bridgehead atoms. The normalized spacial score (nSPS) is 11.1. The summed E-state index contributed by atoms with van der Waals surface area (Å²) in [5.74, 6) is 0.415. The minimum Gasteiger partial charge on any atom is -0.347 e. The molecule has 0 saturated heterocycles. The molecule has 0 aliphatic carbocycles. The van der Waals surface area contributed by atoms with Gasteiger partial charge in [-0.2, -0.15) is 0 Å². The lowest BCUT2D eigenvalue weighted by Gasteiger charge is -2.16. The Morgan fingerprint density at radius 2 is 2.15 bits per heavy atom. The van der Waals surface area contributed by atoms with Crippen molar-refractivity contribution in [2.24, 2.45) is 5.73 Å². The van der Waals surface area contributed by atoms with Crippen molar-refractivity contribution in [3.8, 4) is 0 Å². The molecule has 0 fully saturated rings. The van der Waals surface area contributed by atoms with Crippen LogP contribution in [0, 0.1) is 0 Å². The fourth-order valence-corrected chi connectivity index (χ4v) is 3.59. The van der Waals surface area contributed by atoms with Crippen LogP contribution in [-0.2, 0) is 13.1 Å². The second kappa shape index (κ2) is 6.70. The Bertz CT molecular complexity index is 580. The summed E-state index contributed by atoms with van der Waals surface area (Å²) in [6.07, 6.45) is 0. The Balaban J connectivity index is 2.19. The fourth-order valence-electron chi connectivity index (χ4n) is 2.09. The van der Waals surface area contributed by atoms with Crippen LogP contribution in [0.3, 0.4) is 0 Å². The number of nitrogens with two attached hydrogens (primary N) is 1. The first-order valence-corrected chi connectivity index (χ1v) is 8.27. The average Bonchev–Trinajstić information content (AvgIpc) is 2.83. The van der Waals surface area contributed by atoms with E-state index in [1.807, 2.05) is 6.07 Å². The van der Waals surface area contributed by atoms with Crippen molar-refractivity contribution in [1.82, 2.24) is 4.98 Å². The summed E-state index contributed by atoms with van der Waals surface area (Å²) in [4.78, 5) is 8.12. The van der Waals surface area contributed by atoms with E-state index >= 15 is 0 Å². The lowest BCUT2D eigenvalue weighted by molar-refractivity contribution is 0.804. The van der Waals surface area contributed by atoms with Gasteiger partial charge in [0, 0.05) is 29.5 Å². The van der Waals surface area contributed by atoms with E-state index in [4.69, 9.17) is 10.7 Å². The quantitative estimate of drug-likeness (QED) is 0.878. The minimum atomic E-state index is 0.415. The third kappa shape index (κ3) is 3.59. The van der Waals surface area contributed by atoms with Crippen LogP contribution in [0.15, 0.2) is 28.7 Å². The van der Waals surface area contributed by atoms with Crippen LogP contribution >= 0.6 is 27.3 Å². The largest absolute Gasteiger partial charge is 0.347 e. The van der Waals surface area contributed by atoms with Gasteiger partial charge in [0.05, 0.1) is 5.69 Å². The first-order valence-electron chi connectivity index (χ1n) is 6.66. The molecule has 0 saturated carbocycles. The molecule has 0 spiro atoms. The van der Waals surface area contributed by atoms with E-state index in [-0.39, 0.29) is 0 Å². The Morgan fingerprint density at radius 3 is 2.70 bits per heavy atom. The molecule has 2 rings (SSSR count). The van der Waals surface area contributed by atoms with Crippen LogP contribution in [0.1, 0.15) is 35.9 Å². The highest BCUT2D eigenvalue weighted by Gasteiger charge is 2.15. The molecule has 0 aliphatic rings. The standard InChI is InChI=1S/C15H20BrN3S/c1-10(2)14-13(8-17)20-15(18-14)19(3)9-11-5-4-6-12(16)7-11/h4-7,10H,8-9,17H2,1-3H3. The molecule has 2 aromatic rings. The lowest BCUT2D eigenvalue weighted by atomic mass is 10.1. The number of aromatic nitrogens is 1. The number of benzene rings is 1. The molecular weight excluding hydrogens is 334 g/mol. The Morgan fingerprint density at radius 1 is 1.40 bits per heavy atom. The molecule has 1 aromatic carbocycles.